The van der Waals surface area contributed by atoms with Crippen LogP contribution < -0.4 is 10.1 Å². The molecule has 0 heterocycles. The Bertz CT molecular complexity index is 664. The molecule has 1 N–H and O–H groups in total. The quantitative estimate of drug-likeness (QED) is 0.575. The maximum atomic E-state index is 6.27. The van der Waals surface area contributed by atoms with Crippen molar-refractivity contribution in [1.29, 1.82) is 0 Å². The van der Waals surface area contributed by atoms with E-state index in [1.165, 1.54) is 0 Å². The normalized spacial score (nSPS) is 12.1. The monoisotopic (exact) mass is 407 g/mol. The predicted molar refractivity (Wildman–Crippen MR) is 94.2 cm³/mol. The van der Waals surface area contributed by atoms with Gasteiger partial charge in [0.1, 0.15) is 5.75 Å². The molecule has 112 valence electrons. The number of halogens is 4. The maximum absolute atomic E-state index is 6.27. The molecule has 0 aliphatic carbocycles. The molecule has 1 atom stereocenters. The fourth-order valence-corrected chi connectivity index (χ4v) is 3.05. The van der Waals surface area contributed by atoms with Crippen LogP contribution in [-0.4, -0.2) is 7.11 Å². The number of hydrogen-bond acceptors (Lipinski definition) is 2. The van der Waals surface area contributed by atoms with Gasteiger partial charge in [0.25, 0.3) is 0 Å². The van der Waals surface area contributed by atoms with Gasteiger partial charge in [0.05, 0.1) is 33.9 Å². The van der Waals surface area contributed by atoms with Crippen molar-refractivity contribution in [3.8, 4) is 5.75 Å². The Labute approximate surface area is 147 Å². The fraction of sp³-hybridized carbons (Fsp3) is 0.200. The minimum absolute atomic E-state index is 0.0598. The number of ether oxygens (including phenoxy) is 1. The second-order valence-electron chi connectivity index (χ2n) is 4.48. The fourth-order valence-electron chi connectivity index (χ4n) is 1.98. The van der Waals surface area contributed by atoms with E-state index in [9.17, 15) is 0 Å². The highest BCUT2D eigenvalue weighted by Gasteiger charge is 2.15. The molecule has 0 aliphatic heterocycles. The van der Waals surface area contributed by atoms with Gasteiger partial charge in [0, 0.05) is 4.47 Å². The molecule has 0 saturated carbocycles. The Hall–Kier alpha value is -0.610. The number of nitrogens with one attached hydrogen (secondary N) is 1. The van der Waals surface area contributed by atoms with Gasteiger partial charge in [-0.1, -0.05) is 56.8 Å². The van der Waals surface area contributed by atoms with E-state index in [2.05, 4.69) is 21.2 Å². The molecular weight excluding hydrogens is 396 g/mol. The molecule has 2 nitrogen and oxygen atoms in total. The minimum atomic E-state index is -0.0598. The lowest BCUT2D eigenvalue weighted by molar-refractivity contribution is 0.416. The van der Waals surface area contributed by atoms with Gasteiger partial charge >= 0.3 is 0 Å². The molecule has 0 spiro atoms. The van der Waals surface area contributed by atoms with Gasteiger partial charge in [0.15, 0.2) is 0 Å². The average molecular weight is 410 g/mol. The molecule has 21 heavy (non-hydrogen) atoms. The summed E-state index contributed by atoms with van der Waals surface area (Å²) in [6.45, 7) is 1.99. The van der Waals surface area contributed by atoms with Crippen LogP contribution in [0.5, 0.6) is 5.75 Å². The molecule has 6 heteroatoms. The minimum Gasteiger partial charge on any atom is -0.495 e. The number of benzene rings is 2. The van der Waals surface area contributed by atoms with Crippen LogP contribution in [0.25, 0.3) is 0 Å². The topological polar surface area (TPSA) is 21.3 Å². The van der Waals surface area contributed by atoms with Crippen molar-refractivity contribution in [3.05, 3.63) is 55.4 Å². The molecule has 2 aromatic carbocycles. The predicted octanol–water partition coefficient (Wildman–Crippen LogP) is 6.59. The van der Waals surface area contributed by atoms with E-state index < -0.39 is 0 Å². The molecule has 0 amide bonds. The zero-order chi connectivity index (χ0) is 15.6. The summed E-state index contributed by atoms with van der Waals surface area (Å²) in [5.41, 5.74) is 1.73. The number of anilines is 1. The van der Waals surface area contributed by atoms with Crippen LogP contribution in [0, 0.1) is 0 Å². The summed E-state index contributed by atoms with van der Waals surface area (Å²) in [6, 6.07) is 9.28. The van der Waals surface area contributed by atoms with Crippen molar-refractivity contribution in [2.75, 3.05) is 12.4 Å². The van der Waals surface area contributed by atoms with Crippen molar-refractivity contribution in [3.63, 3.8) is 0 Å². The lowest BCUT2D eigenvalue weighted by Crippen LogP contribution is -2.08. The summed E-state index contributed by atoms with van der Waals surface area (Å²) in [6.07, 6.45) is 0. The molecule has 0 aromatic heterocycles. The van der Waals surface area contributed by atoms with Crippen LogP contribution in [0.2, 0.25) is 15.1 Å². The van der Waals surface area contributed by atoms with E-state index in [1.807, 2.05) is 31.2 Å². The molecule has 2 aromatic rings. The summed E-state index contributed by atoms with van der Waals surface area (Å²) in [5, 5.41) is 4.63. The van der Waals surface area contributed by atoms with Gasteiger partial charge in [-0.3, -0.25) is 0 Å². The Morgan fingerprint density at radius 1 is 1.10 bits per heavy atom. The molecule has 1 unspecified atom stereocenters. The lowest BCUT2D eigenvalue weighted by atomic mass is 10.1. The van der Waals surface area contributed by atoms with Crippen molar-refractivity contribution in [1.82, 2.24) is 0 Å². The number of hydrogen-bond donors (Lipinski definition) is 1. The van der Waals surface area contributed by atoms with Crippen LogP contribution in [-0.2, 0) is 0 Å². The van der Waals surface area contributed by atoms with E-state index in [4.69, 9.17) is 39.5 Å². The lowest BCUT2D eigenvalue weighted by Gasteiger charge is -2.20. The Morgan fingerprint density at radius 2 is 1.81 bits per heavy atom. The highest BCUT2D eigenvalue weighted by molar-refractivity contribution is 9.10. The Balaban J connectivity index is 2.32. The molecular formula is C15H13BrCl3NO. The van der Waals surface area contributed by atoms with Crippen molar-refractivity contribution in [2.24, 2.45) is 0 Å². The molecule has 0 aliphatic rings. The zero-order valence-corrected chi connectivity index (χ0v) is 15.2. The van der Waals surface area contributed by atoms with Crippen molar-refractivity contribution in [2.45, 2.75) is 13.0 Å². The van der Waals surface area contributed by atoms with Crippen LogP contribution in [0.15, 0.2) is 34.8 Å². The summed E-state index contributed by atoms with van der Waals surface area (Å²) < 4.78 is 6.30. The van der Waals surface area contributed by atoms with E-state index in [0.29, 0.717) is 15.1 Å². The first kappa shape index (κ1) is 16.8. The first-order valence-corrected chi connectivity index (χ1v) is 8.10. The second-order valence-corrected chi connectivity index (χ2v) is 6.55. The second kappa shape index (κ2) is 7.10. The highest BCUT2D eigenvalue weighted by Crippen LogP contribution is 2.37. The molecule has 0 saturated heterocycles. The van der Waals surface area contributed by atoms with Gasteiger partial charge in [-0.15, -0.1) is 0 Å². The largest absolute Gasteiger partial charge is 0.495 e. The standard InChI is InChI=1S/C15H13BrCl3NO/c1-8(10-4-5-11(17)15(19)14(10)18)20-12-7-9(16)3-6-13(12)21-2/h3-8,20H,1-2H3. The third-order valence-corrected chi connectivity index (χ3v) is 4.87. The molecule has 0 bridgehead atoms. The first-order valence-electron chi connectivity index (χ1n) is 6.17. The zero-order valence-electron chi connectivity index (χ0n) is 11.4. The third kappa shape index (κ3) is 3.78. The summed E-state index contributed by atoms with van der Waals surface area (Å²) in [4.78, 5) is 0. The van der Waals surface area contributed by atoms with Gasteiger partial charge in [-0.05, 0) is 36.8 Å². The third-order valence-electron chi connectivity index (χ3n) is 3.07. The van der Waals surface area contributed by atoms with Crippen LogP contribution in [0.4, 0.5) is 5.69 Å². The summed E-state index contributed by atoms with van der Waals surface area (Å²) in [5.74, 6) is 0.751. The van der Waals surface area contributed by atoms with Crippen molar-refractivity contribution >= 4 is 56.4 Å². The van der Waals surface area contributed by atoms with Gasteiger partial charge in [-0.25, -0.2) is 0 Å². The van der Waals surface area contributed by atoms with Crippen LogP contribution in [0.1, 0.15) is 18.5 Å². The van der Waals surface area contributed by atoms with E-state index >= 15 is 0 Å². The first-order chi connectivity index (χ1) is 9.93. The summed E-state index contributed by atoms with van der Waals surface area (Å²) >= 11 is 21.8. The number of methoxy groups -OCH3 is 1. The van der Waals surface area contributed by atoms with Gasteiger partial charge in [0.2, 0.25) is 0 Å². The smallest absolute Gasteiger partial charge is 0.142 e. The van der Waals surface area contributed by atoms with Gasteiger partial charge in [-0.2, -0.15) is 0 Å². The van der Waals surface area contributed by atoms with Gasteiger partial charge < -0.3 is 10.1 Å². The van der Waals surface area contributed by atoms with Crippen LogP contribution >= 0.6 is 50.7 Å². The maximum Gasteiger partial charge on any atom is 0.142 e. The summed E-state index contributed by atoms with van der Waals surface area (Å²) in [7, 11) is 1.63. The van der Waals surface area contributed by atoms with Crippen molar-refractivity contribution < 1.29 is 4.74 Å². The Morgan fingerprint density at radius 3 is 2.48 bits per heavy atom. The Kier molecular flexibility index (Phi) is 5.67. The van der Waals surface area contributed by atoms with E-state index in [-0.39, 0.29) is 6.04 Å². The molecule has 0 radical (unpaired) electrons. The molecule has 2 rings (SSSR count). The van der Waals surface area contributed by atoms with E-state index in [1.54, 1.807) is 13.2 Å². The van der Waals surface area contributed by atoms with Crippen LogP contribution in [0.3, 0.4) is 0 Å². The number of rotatable bonds is 4. The highest BCUT2D eigenvalue weighted by atomic mass is 79.9. The average Bonchev–Trinajstić information content (AvgIpc) is 2.45. The van der Waals surface area contributed by atoms with E-state index in [0.717, 1.165) is 21.5 Å². The SMILES string of the molecule is COc1ccc(Br)cc1NC(C)c1ccc(Cl)c(Cl)c1Cl. The molecule has 0 fully saturated rings.